The molecule has 1 aliphatic rings. The van der Waals surface area contributed by atoms with Gasteiger partial charge in [0.15, 0.2) is 5.16 Å². The molecule has 1 saturated heterocycles. The van der Waals surface area contributed by atoms with Crippen molar-refractivity contribution in [2.45, 2.75) is 25.4 Å². The Morgan fingerprint density at radius 2 is 1.95 bits per heavy atom. The van der Waals surface area contributed by atoms with Crippen molar-refractivity contribution in [2.75, 3.05) is 55.7 Å². The zero-order valence-corrected chi connectivity index (χ0v) is 13.5. The third kappa shape index (κ3) is 3.99. The molecule has 2 rings (SSSR count). The Morgan fingerprint density at radius 3 is 2.55 bits per heavy atom. The molecule has 0 saturated carbocycles. The molecule has 0 aromatic carbocycles. The molecule has 1 aromatic heterocycles. The summed E-state index contributed by atoms with van der Waals surface area (Å²) in [7, 11) is 0. The number of rotatable bonds is 6. The highest BCUT2D eigenvalue weighted by molar-refractivity contribution is 7.98. The molecule has 0 amide bonds. The van der Waals surface area contributed by atoms with Gasteiger partial charge in [0.2, 0.25) is 0 Å². The summed E-state index contributed by atoms with van der Waals surface area (Å²) in [6, 6.07) is 2.08. The van der Waals surface area contributed by atoms with Crippen LogP contribution >= 0.6 is 11.8 Å². The molecule has 20 heavy (non-hydrogen) atoms. The summed E-state index contributed by atoms with van der Waals surface area (Å²) in [6.45, 7) is 10.8. The van der Waals surface area contributed by atoms with E-state index in [4.69, 9.17) is 0 Å². The molecule has 0 aliphatic carbocycles. The van der Waals surface area contributed by atoms with Gasteiger partial charge in [-0.1, -0.05) is 25.6 Å². The van der Waals surface area contributed by atoms with Gasteiger partial charge in [0.05, 0.1) is 0 Å². The molecule has 0 radical (unpaired) electrons. The number of anilines is 2. The average molecular weight is 295 g/mol. The topological polar surface area (TPSA) is 44.3 Å². The van der Waals surface area contributed by atoms with Gasteiger partial charge in [0.25, 0.3) is 0 Å². The Kier molecular flexibility index (Phi) is 5.91. The number of hydrogen-bond acceptors (Lipinski definition) is 6. The van der Waals surface area contributed by atoms with Gasteiger partial charge in [-0.15, -0.1) is 0 Å². The highest BCUT2D eigenvalue weighted by Gasteiger charge is 2.18. The summed E-state index contributed by atoms with van der Waals surface area (Å²) >= 11 is 1.60. The van der Waals surface area contributed by atoms with E-state index < -0.39 is 0 Å². The van der Waals surface area contributed by atoms with Crippen LogP contribution in [0.25, 0.3) is 0 Å². The molecule has 0 bridgehead atoms. The summed E-state index contributed by atoms with van der Waals surface area (Å²) < 4.78 is 0. The minimum Gasteiger partial charge on any atom is -0.370 e. The van der Waals surface area contributed by atoms with Crippen molar-refractivity contribution < 1.29 is 0 Å². The van der Waals surface area contributed by atoms with Gasteiger partial charge >= 0.3 is 0 Å². The van der Waals surface area contributed by atoms with Gasteiger partial charge in [-0.2, -0.15) is 0 Å². The maximum atomic E-state index is 4.65. The van der Waals surface area contributed by atoms with Crippen molar-refractivity contribution in [3.05, 3.63) is 6.07 Å². The van der Waals surface area contributed by atoms with E-state index in [1.165, 1.54) is 0 Å². The number of likely N-dealkylation sites (N-methyl/N-ethyl adjacent to an activating group) is 1. The normalized spacial score (nSPS) is 16.4. The van der Waals surface area contributed by atoms with E-state index in [2.05, 4.69) is 45.0 Å². The van der Waals surface area contributed by atoms with Gasteiger partial charge in [-0.05, 0) is 19.2 Å². The largest absolute Gasteiger partial charge is 0.370 e. The van der Waals surface area contributed by atoms with E-state index in [1.807, 2.05) is 6.26 Å². The molecule has 1 aromatic rings. The Morgan fingerprint density at radius 1 is 1.20 bits per heavy atom. The molecule has 0 spiro atoms. The van der Waals surface area contributed by atoms with E-state index in [0.717, 1.165) is 62.5 Å². The van der Waals surface area contributed by atoms with Crippen LogP contribution in [0.2, 0.25) is 0 Å². The number of aromatic nitrogens is 2. The molecular weight excluding hydrogens is 270 g/mol. The second-order valence-corrected chi connectivity index (χ2v) is 5.72. The van der Waals surface area contributed by atoms with Crippen LogP contribution in [0, 0.1) is 0 Å². The van der Waals surface area contributed by atoms with Crippen molar-refractivity contribution in [3.8, 4) is 0 Å². The second kappa shape index (κ2) is 7.69. The first-order valence-corrected chi connectivity index (χ1v) is 8.63. The van der Waals surface area contributed by atoms with E-state index in [1.54, 1.807) is 11.8 Å². The third-order valence-corrected chi connectivity index (χ3v) is 4.12. The summed E-state index contributed by atoms with van der Waals surface area (Å²) in [5.41, 5.74) is 0. The van der Waals surface area contributed by atoms with Crippen LogP contribution in [-0.4, -0.2) is 60.4 Å². The summed E-state index contributed by atoms with van der Waals surface area (Å²) in [5.74, 6) is 2.00. The zero-order valence-electron chi connectivity index (χ0n) is 12.7. The molecule has 6 heteroatoms. The molecule has 1 N–H and O–H groups in total. The average Bonchev–Trinajstić information content (AvgIpc) is 2.52. The minimum atomic E-state index is 0.846. The summed E-state index contributed by atoms with van der Waals surface area (Å²) in [6.07, 6.45) is 3.13. The summed E-state index contributed by atoms with van der Waals surface area (Å²) in [5, 5.41) is 4.21. The molecule has 2 heterocycles. The van der Waals surface area contributed by atoms with Crippen molar-refractivity contribution in [1.29, 1.82) is 0 Å². The van der Waals surface area contributed by atoms with Crippen molar-refractivity contribution >= 4 is 23.4 Å². The monoisotopic (exact) mass is 295 g/mol. The number of nitrogens with zero attached hydrogens (tertiary/aromatic N) is 4. The Labute approximate surface area is 126 Å². The zero-order chi connectivity index (χ0) is 14.4. The smallest absolute Gasteiger partial charge is 0.191 e. The van der Waals surface area contributed by atoms with Gasteiger partial charge in [-0.25, -0.2) is 9.97 Å². The molecular formula is C14H25N5S. The van der Waals surface area contributed by atoms with Gasteiger partial charge in [0.1, 0.15) is 11.6 Å². The lowest BCUT2D eigenvalue weighted by Gasteiger charge is -2.34. The predicted octanol–water partition coefficient (Wildman–Crippen LogP) is 2.16. The van der Waals surface area contributed by atoms with E-state index in [9.17, 15) is 0 Å². The lowest BCUT2D eigenvalue weighted by atomic mass is 10.3. The van der Waals surface area contributed by atoms with Crippen LogP contribution in [0.3, 0.4) is 0 Å². The lowest BCUT2D eigenvalue weighted by Crippen LogP contribution is -2.46. The quantitative estimate of drug-likeness (QED) is 0.641. The second-order valence-electron chi connectivity index (χ2n) is 4.95. The fraction of sp³-hybridized carbons (Fsp3) is 0.714. The molecule has 0 atom stereocenters. The first kappa shape index (κ1) is 15.4. The SMILES string of the molecule is CCCNc1cc(N2CCN(CC)CC2)nc(SC)n1. The fourth-order valence-electron chi connectivity index (χ4n) is 2.30. The number of thioether (sulfide) groups is 1. The highest BCUT2D eigenvalue weighted by Crippen LogP contribution is 2.21. The summed E-state index contributed by atoms with van der Waals surface area (Å²) in [4.78, 5) is 14.0. The first-order chi connectivity index (χ1) is 9.76. The van der Waals surface area contributed by atoms with E-state index in [-0.39, 0.29) is 0 Å². The fourth-order valence-corrected chi connectivity index (χ4v) is 2.68. The first-order valence-electron chi connectivity index (χ1n) is 7.41. The maximum absolute atomic E-state index is 4.65. The molecule has 1 aliphatic heterocycles. The minimum absolute atomic E-state index is 0.846. The lowest BCUT2D eigenvalue weighted by molar-refractivity contribution is 0.270. The highest BCUT2D eigenvalue weighted by atomic mass is 32.2. The Balaban J connectivity index is 2.10. The Hall–Kier alpha value is -1.01. The molecule has 112 valence electrons. The molecule has 0 unspecified atom stereocenters. The standard InChI is InChI=1S/C14H25N5S/c1-4-6-15-12-11-13(17-14(16-12)20-3)19-9-7-18(5-2)8-10-19/h11H,4-10H2,1-3H3,(H,15,16,17). The van der Waals surface area contributed by atoms with Crippen molar-refractivity contribution in [2.24, 2.45) is 0 Å². The van der Waals surface area contributed by atoms with Gasteiger partial charge in [0, 0.05) is 38.8 Å². The van der Waals surface area contributed by atoms with Crippen LogP contribution in [0.15, 0.2) is 11.2 Å². The van der Waals surface area contributed by atoms with Crippen molar-refractivity contribution in [1.82, 2.24) is 14.9 Å². The van der Waals surface area contributed by atoms with Crippen LogP contribution in [0.1, 0.15) is 20.3 Å². The van der Waals surface area contributed by atoms with E-state index in [0.29, 0.717) is 0 Å². The van der Waals surface area contributed by atoms with Crippen molar-refractivity contribution in [3.63, 3.8) is 0 Å². The number of piperazine rings is 1. The van der Waals surface area contributed by atoms with Gasteiger partial charge < -0.3 is 15.1 Å². The maximum Gasteiger partial charge on any atom is 0.191 e. The predicted molar refractivity (Wildman–Crippen MR) is 86.9 cm³/mol. The third-order valence-electron chi connectivity index (χ3n) is 3.57. The van der Waals surface area contributed by atoms with Crippen LogP contribution in [-0.2, 0) is 0 Å². The van der Waals surface area contributed by atoms with Crippen LogP contribution in [0.4, 0.5) is 11.6 Å². The molecule has 5 nitrogen and oxygen atoms in total. The van der Waals surface area contributed by atoms with Crippen LogP contribution < -0.4 is 10.2 Å². The van der Waals surface area contributed by atoms with Gasteiger partial charge in [-0.3, -0.25) is 0 Å². The Bertz CT molecular complexity index is 418. The van der Waals surface area contributed by atoms with E-state index >= 15 is 0 Å². The van der Waals surface area contributed by atoms with Crippen LogP contribution in [0.5, 0.6) is 0 Å². The number of hydrogen-bond donors (Lipinski definition) is 1. The number of nitrogens with one attached hydrogen (secondary N) is 1. The molecule has 1 fully saturated rings.